The van der Waals surface area contributed by atoms with E-state index in [0.717, 1.165) is 37.4 Å². The smallest absolute Gasteiger partial charge is 0.133 e. The van der Waals surface area contributed by atoms with Gasteiger partial charge in [-0.25, -0.2) is 4.98 Å². The summed E-state index contributed by atoms with van der Waals surface area (Å²) in [6, 6.07) is 10.6. The van der Waals surface area contributed by atoms with Crippen molar-refractivity contribution < 1.29 is 0 Å². The minimum atomic E-state index is 0.625. The molecule has 3 heteroatoms. The second kappa shape index (κ2) is 7.41. The van der Waals surface area contributed by atoms with E-state index in [0.29, 0.717) is 5.92 Å². The first-order valence-electron chi connectivity index (χ1n) is 7.92. The maximum absolute atomic E-state index is 4.89. The minimum absolute atomic E-state index is 0.625. The van der Waals surface area contributed by atoms with Crippen molar-refractivity contribution in [3.05, 3.63) is 35.9 Å². The van der Waals surface area contributed by atoms with Gasteiger partial charge in [0.25, 0.3) is 0 Å². The van der Waals surface area contributed by atoms with Crippen molar-refractivity contribution in [3.63, 3.8) is 0 Å². The first-order valence-corrected chi connectivity index (χ1v) is 7.92. The van der Waals surface area contributed by atoms with E-state index in [9.17, 15) is 0 Å². The molecule has 2 rings (SSSR count). The Labute approximate surface area is 128 Å². The normalized spacial score (nSPS) is 11.3. The van der Waals surface area contributed by atoms with Gasteiger partial charge in [0.05, 0.1) is 5.52 Å². The van der Waals surface area contributed by atoms with Crippen molar-refractivity contribution in [2.24, 2.45) is 5.92 Å². The Morgan fingerprint density at radius 3 is 2.71 bits per heavy atom. The number of nitrogens with zero attached hydrogens (tertiary/aromatic N) is 2. The average Bonchev–Trinajstić information content (AvgIpc) is 2.46. The van der Waals surface area contributed by atoms with E-state index in [-0.39, 0.29) is 0 Å². The van der Waals surface area contributed by atoms with Crippen LogP contribution >= 0.6 is 0 Å². The van der Waals surface area contributed by atoms with Crippen molar-refractivity contribution in [1.82, 2.24) is 10.3 Å². The van der Waals surface area contributed by atoms with Gasteiger partial charge in [0.1, 0.15) is 5.82 Å². The predicted octanol–water partition coefficient (Wildman–Crippen LogP) is 3.83. The van der Waals surface area contributed by atoms with Crippen molar-refractivity contribution >= 4 is 16.7 Å². The number of fused-ring (bicyclic) bond motifs is 1. The Kier molecular flexibility index (Phi) is 5.57. The standard InChI is InChI=1S/C18H27N3/c1-5-10-19-12-16-11-15-8-6-7-9-17(15)20-18(16)21(4)13-14(2)3/h6-9,11,14,19H,5,10,12-13H2,1-4H3. The summed E-state index contributed by atoms with van der Waals surface area (Å²) in [5.74, 6) is 1.73. The molecule has 1 heterocycles. The van der Waals surface area contributed by atoms with Gasteiger partial charge in [-0.15, -0.1) is 0 Å². The van der Waals surface area contributed by atoms with E-state index in [2.05, 4.69) is 68.4 Å². The summed E-state index contributed by atoms with van der Waals surface area (Å²) in [4.78, 5) is 7.17. The van der Waals surface area contributed by atoms with Crippen LogP contribution in [0.25, 0.3) is 10.9 Å². The van der Waals surface area contributed by atoms with Crippen molar-refractivity contribution in [2.75, 3.05) is 25.0 Å². The van der Waals surface area contributed by atoms with Gasteiger partial charge in [0.2, 0.25) is 0 Å². The van der Waals surface area contributed by atoms with E-state index >= 15 is 0 Å². The molecule has 1 N–H and O–H groups in total. The molecule has 0 aliphatic rings. The molecule has 3 nitrogen and oxygen atoms in total. The lowest BCUT2D eigenvalue weighted by Crippen LogP contribution is -2.26. The van der Waals surface area contributed by atoms with Gasteiger partial charge >= 0.3 is 0 Å². The van der Waals surface area contributed by atoms with Gasteiger partial charge in [0.15, 0.2) is 0 Å². The van der Waals surface area contributed by atoms with Gasteiger partial charge in [-0.1, -0.05) is 39.0 Å². The van der Waals surface area contributed by atoms with Crippen LogP contribution in [-0.4, -0.2) is 25.1 Å². The van der Waals surface area contributed by atoms with Crippen LogP contribution in [-0.2, 0) is 6.54 Å². The fourth-order valence-corrected chi connectivity index (χ4v) is 2.64. The maximum atomic E-state index is 4.89. The molecule has 2 aromatic rings. The molecular weight excluding hydrogens is 258 g/mol. The van der Waals surface area contributed by atoms with Crippen LogP contribution in [0.1, 0.15) is 32.8 Å². The molecule has 0 saturated carbocycles. The molecule has 0 fully saturated rings. The lowest BCUT2D eigenvalue weighted by atomic mass is 10.1. The third-order valence-corrected chi connectivity index (χ3v) is 3.52. The number of pyridine rings is 1. The highest BCUT2D eigenvalue weighted by Gasteiger charge is 2.12. The van der Waals surface area contributed by atoms with E-state index in [1.165, 1.54) is 10.9 Å². The molecule has 0 bridgehead atoms. The monoisotopic (exact) mass is 285 g/mol. The van der Waals surface area contributed by atoms with Crippen LogP contribution in [0.5, 0.6) is 0 Å². The van der Waals surface area contributed by atoms with Crippen molar-refractivity contribution in [3.8, 4) is 0 Å². The van der Waals surface area contributed by atoms with Crippen molar-refractivity contribution in [1.29, 1.82) is 0 Å². The highest BCUT2D eigenvalue weighted by Crippen LogP contribution is 2.23. The number of rotatable bonds is 7. The van der Waals surface area contributed by atoms with Crippen LogP contribution in [0.2, 0.25) is 0 Å². The number of nitrogens with one attached hydrogen (secondary N) is 1. The fraction of sp³-hybridized carbons (Fsp3) is 0.500. The summed E-state index contributed by atoms with van der Waals surface area (Å²) in [6.45, 7) is 9.62. The molecule has 0 unspecified atom stereocenters. The summed E-state index contributed by atoms with van der Waals surface area (Å²) in [5.41, 5.74) is 2.35. The summed E-state index contributed by atoms with van der Waals surface area (Å²) in [5, 5.41) is 4.71. The first kappa shape index (κ1) is 15.8. The Hall–Kier alpha value is -1.61. The molecule has 0 amide bonds. The van der Waals surface area contributed by atoms with E-state index in [4.69, 9.17) is 4.98 Å². The number of anilines is 1. The van der Waals surface area contributed by atoms with Crippen LogP contribution in [0.15, 0.2) is 30.3 Å². The summed E-state index contributed by atoms with van der Waals surface area (Å²) in [6.07, 6.45) is 1.15. The number of para-hydroxylation sites is 1. The van der Waals surface area contributed by atoms with Crippen LogP contribution < -0.4 is 10.2 Å². The molecule has 0 aliphatic heterocycles. The Morgan fingerprint density at radius 2 is 2.00 bits per heavy atom. The molecule has 21 heavy (non-hydrogen) atoms. The highest BCUT2D eigenvalue weighted by atomic mass is 15.2. The number of benzene rings is 1. The zero-order chi connectivity index (χ0) is 15.2. The molecule has 114 valence electrons. The molecular formula is C18H27N3. The second-order valence-corrected chi connectivity index (χ2v) is 6.11. The molecule has 0 saturated heterocycles. The Morgan fingerprint density at radius 1 is 1.24 bits per heavy atom. The van der Waals surface area contributed by atoms with Gasteiger partial charge in [-0.05, 0) is 31.0 Å². The zero-order valence-corrected chi connectivity index (χ0v) is 13.7. The molecule has 0 spiro atoms. The van der Waals surface area contributed by atoms with Gasteiger partial charge in [-0.3, -0.25) is 0 Å². The zero-order valence-electron chi connectivity index (χ0n) is 13.7. The van der Waals surface area contributed by atoms with Crippen LogP contribution in [0.3, 0.4) is 0 Å². The molecule has 0 atom stereocenters. The number of hydrogen-bond donors (Lipinski definition) is 1. The van der Waals surface area contributed by atoms with Gasteiger partial charge < -0.3 is 10.2 Å². The van der Waals surface area contributed by atoms with Gasteiger partial charge in [0, 0.05) is 31.1 Å². The Bertz CT molecular complexity index is 578. The van der Waals surface area contributed by atoms with E-state index in [1.807, 2.05) is 0 Å². The third-order valence-electron chi connectivity index (χ3n) is 3.52. The summed E-state index contributed by atoms with van der Waals surface area (Å²) < 4.78 is 0. The van der Waals surface area contributed by atoms with E-state index < -0.39 is 0 Å². The maximum Gasteiger partial charge on any atom is 0.133 e. The molecule has 1 aromatic heterocycles. The number of aromatic nitrogens is 1. The lowest BCUT2D eigenvalue weighted by Gasteiger charge is -2.24. The molecule has 1 aromatic carbocycles. The molecule has 0 radical (unpaired) electrons. The Balaban J connectivity index is 2.35. The van der Waals surface area contributed by atoms with Crippen LogP contribution in [0.4, 0.5) is 5.82 Å². The third kappa shape index (κ3) is 4.18. The highest BCUT2D eigenvalue weighted by molar-refractivity contribution is 5.81. The molecule has 0 aliphatic carbocycles. The largest absolute Gasteiger partial charge is 0.359 e. The second-order valence-electron chi connectivity index (χ2n) is 6.11. The quantitative estimate of drug-likeness (QED) is 0.784. The minimum Gasteiger partial charge on any atom is -0.359 e. The first-order chi connectivity index (χ1) is 10.1. The van der Waals surface area contributed by atoms with Crippen molar-refractivity contribution in [2.45, 2.75) is 33.7 Å². The van der Waals surface area contributed by atoms with E-state index in [1.54, 1.807) is 0 Å². The average molecular weight is 285 g/mol. The topological polar surface area (TPSA) is 28.2 Å². The fourth-order valence-electron chi connectivity index (χ4n) is 2.64. The van der Waals surface area contributed by atoms with Crippen LogP contribution in [0, 0.1) is 5.92 Å². The SMILES string of the molecule is CCCNCc1cc2ccccc2nc1N(C)CC(C)C. The number of hydrogen-bond acceptors (Lipinski definition) is 3. The predicted molar refractivity (Wildman–Crippen MR) is 91.8 cm³/mol. The van der Waals surface area contributed by atoms with Gasteiger partial charge in [-0.2, -0.15) is 0 Å². The lowest BCUT2D eigenvalue weighted by molar-refractivity contribution is 0.628. The summed E-state index contributed by atoms with van der Waals surface area (Å²) >= 11 is 0. The summed E-state index contributed by atoms with van der Waals surface area (Å²) in [7, 11) is 2.14.